The van der Waals surface area contributed by atoms with Crippen LogP contribution in [0, 0.1) is 0 Å². The van der Waals surface area contributed by atoms with Crippen LogP contribution in [-0.4, -0.2) is 10.9 Å². The summed E-state index contributed by atoms with van der Waals surface area (Å²) in [6.07, 6.45) is 5.46. The Kier molecular flexibility index (Phi) is 5.03. The predicted molar refractivity (Wildman–Crippen MR) is 97.4 cm³/mol. The minimum Gasteiger partial charge on any atom is -0.274 e. The van der Waals surface area contributed by atoms with Gasteiger partial charge in [0.15, 0.2) is 0 Å². The van der Waals surface area contributed by atoms with E-state index in [-0.39, 0.29) is 5.91 Å². The number of hydrogen-bond donors (Lipinski definition) is 0. The topological polar surface area (TPSA) is 33.2 Å². The quantitative estimate of drug-likeness (QED) is 0.558. The molecule has 4 heteroatoms. The van der Waals surface area contributed by atoms with Gasteiger partial charge < -0.3 is 0 Å². The molecule has 0 radical (unpaired) electrons. The van der Waals surface area contributed by atoms with E-state index in [0.29, 0.717) is 6.42 Å². The van der Waals surface area contributed by atoms with Crippen molar-refractivity contribution in [3.05, 3.63) is 54.0 Å². The fourth-order valence-corrected chi connectivity index (χ4v) is 3.44. The molecule has 118 valence electrons. The summed E-state index contributed by atoms with van der Waals surface area (Å²) in [6, 6.07) is 13.9. The largest absolute Gasteiger partial charge is 0.274 e. The number of aromatic nitrogens is 1. The lowest BCUT2D eigenvalue weighted by molar-refractivity contribution is -0.118. The van der Waals surface area contributed by atoms with Crippen LogP contribution in [0.1, 0.15) is 32.6 Å². The highest BCUT2D eigenvalue weighted by Gasteiger charge is 2.20. The van der Waals surface area contributed by atoms with Gasteiger partial charge in [-0.15, -0.1) is 11.3 Å². The number of fused-ring (bicyclic) bond motifs is 1. The van der Waals surface area contributed by atoms with Gasteiger partial charge in [0.1, 0.15) is 5.00 Å². The zero-order valence-electron chi connectivity index (χ0n) is 13.2. The van der Waals surface area contributed by atoms with Crippen molar-refractivity contribution in [1.82, 2.24) is 4.98 Å². The summed E-state index contributed by atoms with van der Waals surface area (Å²) in [4.78, 5) is 19.2. The number of carbonyl (C=O) groups excluding carboxylic acids is 1. The average Bonchev–Trinajstić information content (AvgIpc) is 3.10. The highest BCUT2D eigenvalue weighted by atomic mass is 32.1. The molecule has 3 nitrogen and oxygen atoms in total. The van der Waals surface area contributed by atoms with Gasteiger partial charge in [0.25, 0.3) is 0 Å². The summed E-state index contributed by atoms with van der Waals surface area (Å²) >= 11 is 1.58. The normalized spacial score (nSPS) is 10.8. The van der Waals surface area contributed by atoms with Gasteiger partial charge in [0, 0.05) is 18.0 Å². The molecule has 2 aromatic heterocycles. The van der Waals surface area contributed by atoms with Crippen LogP contribution in [0.5, 0.6) is 0 Å². The van der Waals surface area contributed by atoms with Crippen LogP contribution in [0.15, 0.2) is 54.0 Å². The van der Waals surface area contributed by atoms with Crippen molar-refractivity contribution >= 4 is 38.8 Å². The average molecular weight is 324 g/mol. The SMILES string of the molecule is CCCCCC(=O)N(c1cccs1)c1cccc2cccnc12. The molecule has 3 aromatic rings. The van der Waals surface area contributed by atoms with Crippen molar-refractivity contribution in [3.63, 3.8) is 0 Å². The lowest BCUT2D eigenvalue weighted by atomic mass is 10.1. The van der Waals surface area contributed by atoms with Gasteiger partial charge in [-0.2, -0.15) is 0 Å². The van der Waals surface area contributed by atoms with Gasteiger partial charge in [-0.3, -0.25) is 14.7 Å². The molecule has 0 N–H and O–H groups in total. The Labute approximate surface area is 140 Å². The van der Waals surface area contributed by atoms with Crippen LogP contribution in [0.25, 0.3) is 10.9 Å². The van der Waals surface area contributed by atoms with Crippen LogP contribution in [-0.2, 0) is 4.79 Å². The van der Waals surface area contributed by atoms with Gasteiger partial charge in [0.2, 0.25) is 5.91 Å². The van der Waals surface area contributed by atoms with Crippen LogP contribution >= 0.6 is 11.3 Å². The van der Waals surface area contributed by atoms with Crippen LogP contribution in [0.2, 0.25) is 0 Å². The molecular formula is C19H20N2OS. The summed E-state index contributed by atoms with van der Waals surface area (Å²) in [6.45, 7) is 2.15. The molecule has 23 heavy (non-hydrogen) atoms. The summed E-state index contributed by atoms with van der Waals surface area (Å²) < 4.78 is 0. The Balaban J connectivity index is 2.02. The maximum atomic E-state index is 12.9. The summed E-state index contributed by atoms with van der Waals surface area (Å²) in [5.74, 6) is 0.138. The Bertz CT molecular complexity index is 778. The number of hydrogen-bond acceptors (Lipinski definition) is 3. The number of amides is 1. The van der Waals surface area contributed by atoms with Crippen molar-refractivity contribution in [2.24, 2.45) is 0 Å². The summed E-state index contributed by atoms with van der Waals surface area (Å²) in [7, 11) is 0. The fraction of sp³-hybridized carbons (Fsp3) is 0.263. The Morgan fingerprint density at radius 3 is 2.78 bits per heavy atom. The first-order valence-corrected chi connectivity index (χ1v) is 8.89. The standard InChI is InChI=1S/C19H20N2OS/c1-2-3-4-11-17(22)21(18-12-7-14-23-18)16-10-5-8-15-9-6-13-20-19(15)16/h5-10,12-14H,2-4,11H2,1H3. The van der Waals surface area contributed by atoms with E-state index < -0.39 is 0 Å². The molecule has 1 aromatic carbocycles. The third-order valence-electron chi connectivity index (χ3n) is 3.82. The molecule has 0 fully saturated rings. The lowest BCUT2D eigenvalue weighted by Gasteiger charge is -2.22. The van der Waals surface area contributed by atoms with Crippen LogP contribution in [0.4, 0.5) is 10.7 Å². The second-order valence-corrected chi connectivity index (χ2v) is 6.42. The first kappa shape index (κ1) is 15.7. The van der Waals surface area contributed by atoms with E-state index in [1.54, 1.807) is 17.5 Å². The van der Waals surface area contributed by atoms with Gasteiger partial charge in [-0.25, -0.2) is 0 Å². The van der Waals surface area contributed by atoms with E-state index >= 15 is 0 Å². The monoisotopic (exact) mass is 324 g/mol. The van der Waals surface area contributed by atoms with E-state index in [1.165, 1.54) is 0 Å². The molecule has 0 aliphatic carbocycles. The zero-order valence-corrected chi connectivity index (χ0v) is 14.1. The van der Waals surface area contributed by atoms with E-state index in [9.17, 15) is 4.79 Å². The molecule has 1 amide bonds. The summed E-state index contributed by atoms with van der Waals surface area (Å²) in [5.41, 5.74) is 1.74. The predicted octanol–water partition coefficient (Wildman–Crippen LogP) is 5.54. The number of unbranched alkanes of at least 4 members (excludes halogenated alkanes) is 2. The minimum atomic E-state index is 0.138. The van der Waals surface area contributed by atoms with Crippen molar-refractivity contribution in [3.8, 4) is 0 Å². The van der Waals surface area contributed by atoms with E-state index in [2.05, 4.69) is 11.9 Å². The van der Waals surface area contributed by atoms with Gasteiger partial charge >= 0.3 is 0 Å². The first-order valence-electron chi connectivity index (χ1n) is 8.01. The second-order valence-electron chi connectivity index (χ2n) is 5.49. The molecular weight excluding hydrogens is 304 g/mol. The lowest BCUT2D eigenvalue weighted by Crippen LogP contribution is -2.25. The third-order valence-corrected chi connectivity index (χ3v) is 4.68. The number of thiophene rings is 1. The minimum absolute atomic E-state index is 0.138. The molecule has 2 heterocycles. The molecule has 0 unspecified atom stereocenters. The maximum absolute atomic E-state index is 12.9. The van der Waals surface area contributed by atoms with E-state index in [4.69, 9.17) is 0 Å². The number of nitrogens with zero attached hydrogens (tertiary/aromatic N) is 2. The molecule has 3 rings (SSSR count). The molecule has 0 atom stereocenters. The van der Waals surface area contributed by atoms with Gasteiger partial charge in [0.05, 0.1) is 11.2 Å². The molecule has 0 bridgehead atoms. The molecule has 0 saturated heterocycles. The number of pyridine rings is 1. The van der Waals surface area contributed by atoms with Gasteiger partial charge in [-0.1, -0.05) is 38.0 Å². The summed E-state index contributed by atoms with van der Waals surface area (Å²) in [5, 5.41) is 4.00. The Morgan fingerprint density at radius 2 is 2.00 bits per heavy atom. The second kappa shape index (κ2) is 7.38. The van der Waals surface area contributed by atoms with Crippen molar-refractivity contribution in [2.75, 3.05) is 4.90 Å². The molecule has 0 aliphatic heterocycles. The van der Waals surface area contributed by atoms with Crippen molar-refractivity contribution in [1.29, 1.82) is 0 Å². The van der Waals surface area contributed by atoms with Gasteiger partial charge in [-0.05, 0) is 36.1 Å². The number of anilines is 2. The molecule has 0 spiro atoms. The third kappa shape index (κ3) is 3.42. The number of para-hydroxylation sites is 1. The molecule has 0 aliphatic rings. The number of benzene rings is 1. The maximum Gasteiger partial charge on any atom is 0.232 e. The Morgan fingerprint density at radius 1 is 1.13 bits per heavy atom. The zero-order chi connectivity index (χ0) is 16.1. The Hall–Kier alpha value is -2.20. The van der Waals surface area contributed by atoms with Crippen LogP contribution in [0.3, 0.4) is 0 Å². The van der Waals surface area contributed by atoms with Crippen molar-refractivity contribution in [2.45, 2.75) is 32.6 Å². The molecule has 0 saturated carbocycles. The number of rotatable bonds is 6. The fourth-order valence-electron chi connectivity index (χ4n) is 2.68. The first-order chi connectivity index (χ1) is 11.3. The van der Waals surface area contributed by atoms with Crippen molar-refractivity contribution < 1.29 is 4.79 Å². The highest BCUT2D eigenvalue weighted by molar-refractivity contribution is 7.14. The van der Waals surface area contributed by atoms with Crippen LogP contribution < -0.4 is 4.90 Å². The highest BCUT2D eigenvalue weighted by Crippen LogP contribution is 2.34. The van der Waals surface area contributed by atoms with E-state index in [0.717, 1.165) is 40.9 Å². The van der Waals surface area contributed by atoms with E-state index in [1.807, 2.05) is 52.7 Å². The smallest absolute Gasteiger partial charge is 0.232 e. The number of carbonyl (C=O) groups is 1.